The van der Waals surface area contributed by atoms with Gasteiger partial charge in [-0.2, -0.15) is 0 Å². The van der Waals surface area contributed by atoms with Crippen molar-refractivity contribution >= 4 is 33.4 Å². The van der Waals surface area contributed by atoms with Crippen molar-refractivity contribution < 1.29 is 66.3 Å². The van der Waals surface area contributed by atoms with Gasteiger partial charge in [-0.05, 0) is 76.7 Å². The molecule has 0 fully saturated rings. The fourth-order valence-electron chi connectivity index (χ4n) is 5.21. The van der Waals surface area contributed by atoms with Crippen molar-refractivity contribution in [1.29, 1.82) is 0 Å². The second-order valence-corrected chi connectivity index (χ2v) is 17.0. The molecule has 0 rings (SSSR count). The second-order valence-electron chi connectivity index (χ2n) is 14.3. The number of aliphatic hydroxyl groups excluding tert-OH is 1. The summed E-state index contributed by atoms with van der Waals surface area (Å²) in [6, 6.07) is 0. The van der Waals surface area contributed by atoms with Gasteiger partial charge in [-0.1, -0.05) is 126 Å². The minimum atomic E-state index is -4.88. The zero-order valence-corrected chi connectivity index (χ0v) is 37.8. The number of aliphatic hydroxyl groups is 1. The van der Waals surface area contributed by atoms with Crippen molar-refractivity contribution in [2.24, 2.45) is 0 Å². The highest BCUT2D eigenvalue weighted by Gasteiger charge is 2.28. The molecule has 0 bridgehead atoms. The Bertz CT molecular complexity index is 1400. The van der Waals surface area contributed by atoms with Crippen molar-refractivity contribution in [1.82, 2.24) is 0 Å². The van der Waals surface area contributed by atoms with Crippen molar-refractivity contribution in [3.63, 3.8) is 0 Å². The molecule has 16 heteroatoms. The van der Waals surface area contributed by atoms with Gasteiger partial charge in [0.25, 0.3) is 0 Å². The standard InChI is InChI=1S/C44H74O14P2/c1-3-5-7-8-9-10-11-12-13-14-17-21-24-27-31-35-44(48)58-42(39-57-60(52,53)56-37-41(46)36-55-59(49,50)51)38-54-43(47)34-30-26-23-20-18-15-16-19-22-25-29-33-40(45)32-28-6-4-2/h9-10,12-13,15-16,20,22-23,25,29,33,41-42,46H,3-8,11,14,17-19,21,24,26-28,30-32,34-39H2,1-2H3,(H,52,53)(H2,49,50,51)/b10-9-,13-12-,16-15-,23-20-,25-22-,33-29+/t41-,42+/m0/s1. The predicted octanol–water partition coefficient (Wildman–Crippen LogP) is 10.2. The number of phosphoric acid groups is 2. The first-order chi connectivity index (χ1) is 28.8. The summed E-state index contributed by atoms with van der Waals surface area (Å²) in [5.41, 5.74) is 0. The number of hydrogen-bond donors (Lipinski definition) is 4. The van der Waals surface area contributed by atoms with E-state index in [-0.39, 0.29) is 18.6 Å². The number of carbonyl (C=O) groups excluding carboxylic acids is 3. The monoisotopic (exact) mass is 888 g/mol. The maximum absolute atomic E-state index is 12.6. The van der Waals surface area contributed by atoms with Gasteiger partial charge in [0.1, 0.15) is 12.7 Å². The minimum absolute atomic E-state index is 0.0866. The third-order valence-corrected chi connectivity index (χ3v) is 9.97. The molecule has 0 aromatic heterocycles. The lowest BCUT2D eigenvalue weighted by Gasteiger charge is -2.20. The Morgan fingerprint density at radius 3 is 1.68 bits per heavy atom. The third-order valence-electron chi connectivity index (χ3n) is 8.53. The van der Waals surface area contributed by atoms with Crippen LogP contribution in [0.1, 0.15) is 149 Å². The smallest absolute Gasteiger partial charge is 0.462 e. The molecule has 14 nitrogen and oxygen atoms in total. The zero-order valence-electron chi connectivity index (χ0n) is 36.0. The number of hydrogen-bond acceptors (Lipinski definition) is 11. The van der Waals surface area contributed by atoms with Crippen LogP contribution in [0.25, 0.3) is 0 Å². The van der Waals surface area contributed by atoms with Gasteiger partial charge in [0.15, 0.2) is 11.9 Å². The maximum atomic E-state index is 12.6. The Labute approximate surface area is 359 Å². The van der Waals surface area contributed by atoms with Gasteiger partial charge in [0.05, 0.1) is 19.8 Å². The van der Waals surface area contributed by atoms with E-state index in [4.69, 9.17) is 23.8 Å². The Kier molecular flexibility index (Phi) is 37.3. The molecule has 3 atom stereocenters. The van der Waals surface area contributed by atoms with Crippen LogP contribution in [0.2, 0.25) is 0 Å². The quantitative estimate of drug-likeness (QED) is 0.0113. The Balaban J connectivity index is 4.69. The average Bonchev–Trinajstić information content (AvgIpc) is 3.20. The van der Waals surface area contributed by atoms with E-state index in [0.29, 0.717) is 25.7 Å². The normalized spacial score (nSPS) is 14.6. The number of allylic oxidation sites excluding steroid dienone is 12. The summed E-state index contributed by atoms with van der Waals surface area (Å²) in [4.78, 5) is 64.4. The molecule has 0 amide bonds. The molecule has 0 spiro atoms. The zero-order chi connectivity index (χ0) is 44.6. The van der Waals surface area contributed by atoms with Gasteiger partial charge in [-0.25, -0.2) is 9.13 Å². The van der Waals surface area contributed by atoms with Gasteiger partial charge in [-0.3, -0.25) is 28.0 Å². The summed E-state index contributed by atoms with van der Waals surface area (Å²) in [5, 5.41) is 9.74. The first-order valence-electron chi connectivity index (χ1n) is 21.6. The van der Waals surface area contributed by atoms with Crippen molar-refractivity contribution in [2.75, 3.05) is 26.4 Å². The van der Waals surface area contributed by atoms with Crippen molar-refractivity contribution in [2.45, 2.75) is 161 Å². The summed E-state index contributed by atoms with van der Waals surface area (Å²) in [6.45, 7) is 1.46. The van der Waals surface area contributed by atoms with E-state index in [9.17, 15) is 33.5 Å². The van der Waals surface area contributed by atoms with Gasteiger partial charge in [-0.15, -0.1) is 0 Å². The van der Waals surface area contributed by atoms with E-state index in [0.717, 1.165) is 77.0 Å². The van der Waals surface area contributed by atoms with E-state index in [1.54, 1.807) is 12.2 Å². The highest BCUT2D eigenvalue weighted by molar-refractivity contribution is 7.47. The topological polar surface area (TPSA) is 212 Å². The predicted molar refractivity (Wildman–Crippen MR) is 235 cm³/mol. The van der Waals surface area contributed by atoms with Gasteiger partial charge in [0.2, 0.25) is 0 Å². The number of unbranched alkanes of at least 4 members (excludes halogenated alkanes) is 11. The molecule has 0 radical (unpaired) electrons. The molecule has 0 saturated carbocycles. The van der Waals surface area contributed by atoms with Crippen LogP contribution in [0.4, 0.5) is 0 Å². The number of ketones is 1. The summed E-state index contributed by atoms with van der Waals surface area (Å²) < 4.78 is 47.6. The van der Waals surface area contributed by atoms with Crippen LogP contribution in [0.15, 0.2) is 72.9 Å². The number of carbonyl (C=O) groups is 3. The summed E-state index contributed by atoms with van der Waals surface area (Å²) in [7, 11) is -9.72. The minimum Gasteiger partial charge on any atom is -0.462 e. The second kappa shape index (κ2) is 39.1. The first kappa shape index (κ1) is 57.2. The number of ether oxygens (including phenoxy) is 2. The van der Waals surface area contributed by atoms with Crippen molar-refractivity contribution in [3.8, 4) is 0 Å². The highest BCUT2D eigenvalue weighted by atomic mass is 31.2. The molecular weight excluding hydrogens is 814 g/mol. The van der Waals surface area contributed by atoms with E-state index < -0.39 is 66.2 Å². The highest BCUT2D eigenvalue weighted by Crippen LogP contribution is 2.43. The van der Waals surface area contributed by atoms with Gasteiger partial charge < -0.3 is 29.3 Å². The van der Waals surface area contributed by atoms with Gasteiger partial charge >= 0.3 is 27.6 Å². The Morgan fingerprint density at radius 1 is 0.533 bits per heavy atom. The van der Waals surface area contributed by atoms with Crippen LogP contribution >= 0.6 is 15.6 Å². The average molecular weight is 889 g/mol. The summed E-state index contributed by atoms with van der Waals surface area (Å²) in [6.07, 6.45) is 38.8. The molecule has 344 valence electrons. The third kappa shape index (κ3) is 41.9. The molecule has 0 aromatic rings. The van der Waals surface area contributed by atoms with Crippen LogP contribution in [0.3, 0.4) is 0 Å². The van der Waals surface area contributed by atoms with Crippen molar-refractivity contribution in [3.05, 3.63) is 72.9 Å². The van der Waals surface area contributed by atoms with Crippen LogP contribution in [0.5, 0.6) is 0 Å². The van der Waals surface area contributed by atoms with E-state index in [1.165, 1.54) is 19.3 Å². The molecule has 0 aromatic carbocycles. The molecule has 1 unspecified atom stereocenters. The van der Waals surface area contributed by atoms with Crippen LogP contribution in [-0.4, -0.2) is 76.1 Å². The molecule has 60 heavy (non-hydrogen) atoms. The van der Waals surface area contributed by atoms with Crippen LogP contribution < -0.4 is 0 Å². The lowest BCUT2D eigenvalue weighted by atomic mass is 10.1. The Hall–Kier alpha value is -2.77. The summed E-state index contributed by atoms with van der Waals surface area (Å²) >= 11 is 0. The maximum Gasteiger partial charge on any atom is 0.472 e. The fourth-order valence-corrected chi connectivity index (χ4v) is 6.36. The molecule has 0 saturated heterocycles. The van der Waals surface area contributed by atoms with E-state index in [2.05, 4.69) is 47.2 Å². The molecule has 0 heterocycles. The van der Waals surface area contributed by atoms with Gasteiger partial charge in [0, 0.05) is 19.3 Å². The van der Waals surface area contributed by atoms with E-state index >= 15 is 0 Å². The summed E-state index contributed by atoms with van der Waals surface area (Å²) in [5.74, 6) is -1.01. The SMILES string of the molecule is CCCCC/C=C\C/C=C\CCCCCCCC(=O)O[C@H](COC(=O)CCC/C=C\C/C=C\C/C=C\C=C\C(=O)CCCCC)COP(=O)(O)OC[C@@H](O)COP(=O)(O)O. The lowest BCUT2D eigenvalue weighted by Crippen LogP contribution is -2.30. The molecule has 0 aliphatic rings. The number of phosphoric ester groups is 2. The first-order valence-corrected chi connectivity index (χ1v) is 24.6. The molecule has 0 aliphatic carbocycles. The lowest BCUT2D eigenvalue weighted by molar-refractivity contribution is -0.161. The van der Waals surface area contributed by atoms with E-state index in [1.807, 2.05) is 36.5 Å². The van der Waals surface area contributed by atoms with Crippen LogP contribution in [0, 0.1) is 0 Å². The molecular formula is C44H74O14P2. The van der Waals surface area contributed by atoms with Crippen LogP contribution in [-0.2, 0) is 46.6 Å². The molecule has 4 N–H and O–H groups in total. The number of rotatable bonds is 40. The molecule has 0 aliphatic heterocycles. The fraction of sp³-hybridized carbons (Fsp3) is 0.659. The largest absolute Gasteiger partial charge is 0.472 e. The Morgan fingerprint density at radius 2 is 1.03 bits per heavy atom. The number of esters is 2.